The van der Waals surface area contributed by atoms with Crippen molar-refractivity contribution < 1.29 is 5.11 Å². The molecular formula is C9H20OS. The average molecular weight is 176 g/mol. The second kappa shape index (κ2) is 6.99. The number of aliphatic hydroxyl groups excluding tert-OH is 1. The van der Waals surface area contributed by atoms with Crippen LogP contribution in [-0.4, -0.2) is 22.7 Å². The second-order valence-electron chi connectivity index (χ2n) is 2.80. The molecule has 0 bridgehead atoms. The number of aliphatic hydroxyl groups is 1. The van der Waals surface area contributed by atoms with E-state index in [9.17, 15) is 5.11 Å². The Balaban J connectivity index is 3.51. The van der Waals surface area contributed by atoms with Gasteiger partial charge in [-0.05, 0) is 11.7 Å². The van der Waals surface area contributed by atoms with Gasteiger partial charge >= 0.3 is 0 Å². The van der Waals surface area contributed by atoms with Gasteiger partial charge in [0.05, 0.1) is 6.10 Å². The Morgan fingerprint density at radius 3 is 2.09 bits per heavy atom. The Kier molecular flexibility index (Phi) is 7.18. The molecule has 1 N–H and O–H groups in total. The van der Waals surface area contributed by atoms with Crippen molar-refractivity contribution in [1.29, 1.82) is 0 Å². The van der Waals surface area contributed by atoms with Gasteiger partial charge in [-0.2, -0.15) is 11.8 Å². The first-order valence-electron chi connectivity index (χ1n) is 4.51. The number of rotatable bonds is 6. The highest BCUT2D eigenvalue weighted by Crippen LogP contribution is 2.16. The third kappa shape index (κ3) is 4.70. The molecular weight excluding hydrogens is 156 g/mol. The molecule has 0 aliphatic rings. The number of thioether (sulfide) groups is 1. The summed E-state index contributed by atoms with van der Waals surface area (Å²) in [5, 5.41) is 9.62. The molecule has 0 saturated heterocycles. The maximum absolute atomic E-state index is 9.62. The van der Waals surface area contributed by atoms with Crippen LogP contribution in [0.2, 0.25) is 0 Å². The van der Waals surface area contributed by atoms with Crippen molar-refractivity contribution in [3.63, 3.8) is 0 Å². The van der Waals surface area contributed by atoms with Crippen LogP contribution in [0.25, 0.3) is 0 Å². The van der Waals surface area contributed by atoms with Gasteiger partial charge in [0.15, 0.2) is 0 Å². The summed E-state index contributed by atoms with van der Waals surface area (Å²) < 4.78 is 0. The summed E-state index contributed by atoms with van der Waals surface area (Å²) in [6.45, 7) is 6.42. The van der Waals surface area contributed by atoms with Crippen LogP contribution in [0.5, 0.6) is 0 Å². The zero-order chi connectivity index (χ0) is 8.69. The Bertz CT molecular complexity index is 81.6. The standard InChI is InChI=1S/C9H20OS/c1-4-8(5-2)9(10)7-11-6-3/h8-10H,4-7H2,1-3H3. The van der Waals surface area contributed by atoms with Crippen LogP contribution in [-0.2, 0) is 0 Å². The highest BCUT2D eigenvalue weighted by molar-refractivity contribution is 7.99. The van der Waals surface area contributed by atoms with Gasteiger partial charge in [-0.1, -0.05) is 33.6 Å². The molecule has 11 heavy (non-hydrogen) atoms. The molecule has 0 amide bonds. The van der Waals surface area contributed by atoms with Crippen LogP contribution in [0.15, 0.2) is 0 Å². The van der Waals surface area contributed by atoms with Crippen molar-refractivity contribution in [2.75, 3.05) is 11.5 Å². The first-order valence-corrected chi connectivity index (χ1v) is 5.67. The molecule has 1 unspecified atom stereocenters. The molecule has 0 aromatic heterocycles. The highest BCUT2D eigenvalue weighted by atomic mass is 32.2. The van der Waals surface area contributed by atoms with E-state index in [0.29, 0.717) is 5.92 Å². The molecule has 0 aliphatic carbocycles. The van der Waals surface area contributed by atoms with Crippen LogP contribution in [0.1, 0.15) is 33.6 Å². The van der Waals surface area contributed by atoms with Crippen molar-refractivity contribution in [3.8, 4) is 0 Å². The summed E-state index contributed by atoms with van der Waals surface area (Å²) in [5.41, 5.74) is 0. The summed E-state index contributed by atoms with van der Waals surface area (Å²) in [6, 6.07) is 0. The zero-order valence-corrected chi connectivity index (χ0v) is 8.66. The molecule has 0 rings (SSSR count). The summed E-state index contributed by atoms with van der Waals surface area (Å²) in [6.07, 6.45) is 2.11. The van der Waals surface area contributed by atoms with E-state index in [0.717, 1.165) is 24.3 Å². The van der Waals surface area contributed by atoms with Gasteiger partial charge in [-0.3, -0.25) is 0 Å². The van der Waals surface area contributed by atoms with E-state index in [1.165, 1.54) is 0 Å². The molecule has 0 spiro atoms. The molecule has 0 aliphatic heterocycles. The van der Waals surface area contributed by atoms with Gasteiger partial charge in [-0.15, -0.1) is 0 Å². The predicted molar refractivity (Wildman–Crippen MR) is 53.1 cm³/mol. The van der Waals surface area contributed by atoms with E-state index in [4.69, 9.17) is 0 Å². The van der Waals surface area contributed by atoms with Gasteiger partial charge in [0.2, 0.25) is 0 Å². The van der Waals surface area contributed by atoms with Crippen LogP contribution in [0.3, 0.4) is 0 Å². The molecule has 0 aromatic rings. The molecule has 0 aromatic carbocycles. The zero-order valence-electron chi connectivity index (χ0n) is 7.84. The predicted octanol–water partition coefficient (Wildman–Crippen LogP) is 2.54. The van der Waals surface area contributed by atoms with E-state index in [2.05, 4.69) is 20.8 Å². The topological polar surface area (TPSA) is 20.2 Å². The summed E-state index contributed by atoms with van der Waals surface area (Å²) in [7, 11) is 0. The first kappa shape index (κ1) is 11.3. The van der Waals surface area contributed by atoms with Crippen LogP contribution < -0.4 is 0 Å². The number of hydrogen-bond acceptors (Lipinski definition) is 2. The molecule has 0 heterocycles. The van der Waals surface area contributed by atoms with Gasteiger partial charge in [-0.25, -0.2) is 0 Å². The third-order valence-electron chi connectivity index (χ3n) is 2.09. The van der Waals surface area contributed by atoms with Gasteiger partial charge in [0.25, 0.3) is 0 Å². The maximum Gasteiger partial charge on any atom is 0.0658 e. The first-order chi connectivity index (χ1) is 5.26. The van der Waals surface area contributed by atoms with Crippen molar-refractivity contribution >= 4 is 11.8 Å². The lowest BCUT2D eigenvalue weighted by molar-refractivity contribution is 0.125. The Hall–Kier alpha value is 0.310. The lowest BCUT2D eigenvalue weighted by Gasteiger charge is -2.18. The van der Waals surface area contributed by atoms with Crippen molar-refractivity contribution in [1.82, 2.24) is 0 Å². The Morgan fingerprint density at radius 1 is 1.18 bits per heavy atom. The Labute approximate surface area is 74.6 Å². The minimum Gasteiger partial charge on any atom is -0.392 e. The summed E-state index contributed by atoms with van der Waals surface area (Å²) >= 11 is 1.83. The van der Waals surface area contributed by atoms with Gasteiger partial charge in [0.1, 0.15) is 0 Å². The number of hydrogen-bond donors (Lipinski definition) is 1. The molecule has 0 fully saturated rings. The minimum atomic E-state index is -0.0880. The molecule has 68 valence electrons. The molecule has 2 heteroatoms. The lowest BCUT2D eigenvalue weighted by Crippen LogP contribution is -2.21. The van der Waals surface area contributed by atoms with E-state index in [-0.39, 0.29) is 6.10 Å². The largest absolute Gasteiger partial charge is 0.392 e. The molecule has 0 radical (unpaired) electrons. The average Bonchev–Trinajstić information content (AvgIpc) is 2.03. The van der Waals surface area contributed by atoms with Gasteiger partial charge in [0, 0.05) is 5.75 Å². The highest BCUT2D eigenvalue weighted by Gasteiger charge is 2.14. The van der Waals surface area contributed by atoms with Crippen LogP contribution >= 0.6 is 11.8 Å². The molecule has 1 nitrogen and oxygen atoms in total. The Morgan fingerprint density at radius 2 is 1.73 bits per heavy atom. The molecule has 1 atom stereocenters. The smallest absolute Gasteiger partial charge is 0.0658 e. The van der Waals surface area contributed by atoms with Crippen molar-refractivity contribution in [3.05, 3.63) is 0 Å². The quantitative estimate of drug-likeness (QED) is 0.671. The fourth-order valence-electron chi connectivity index (χ4n) is 1.21. The monoisotopic (exact) mass is 176 g/mol. The summed E-state index contributed by atoms with van der Waals surface area (Å²) in [5.74, 6) is 2.52. The fraction of sp³-hybridized carbons (Fsp3) is 1.00. The maximum atomic E-state index is 9.62. The van der Waals surface area contributed by atoms with E-state index < -0.39 is 0 Å². The molecule has 0 saturated carbocycles. The summed E-state index contributed by atoms with van der Waals surface area (Å²) in [4.78, 5) is 0. The van der Waals surface area contributed by atoms with Crippen LogP contribution in [0, 0.1) is 5.92 Å². The van der Waals surface area contributed by atoms with Crippen molar-refractivity contribution in [2.45, 2.75) is 39.7 Å². The van der Waals surface area contributed by atoms with Crippen molar-refractivity contribution in [2.24, 2.45) is 5.92 Å². The SMILES string of the molecule is CCSCC(O)C(CC)CC. The van der Waals surface area contributed by atoms with E-state index in [1.807, 2.05) is 11.8 Å². The third-order valence-corrected chi connectivity index (χ3v) is 3.07. The van der Waals surface area contributed by atoms with Gasteiger partial charge < -0.3 is 5.11 Å². The van der Waals surface area contributed by atoms with E-state index in [1.54, 1.807) is 0 Å². The lowest BCUT2D eigenvalue weighted by atomic mass is 9.98. The fourth-order valence-corrected chi connectivity index (χ4v) is 1.96. The van der Waals surface area contributed by atoms with Crippen LogP contribution in [0.4, 0.5) is 0 Å². The second-order valence-corrected chi connectivity index (χ2v) is 4.12. The normalized spacial score (nSPS) is 13.9. The minimum absolute atomic E-state index is 0.0880. The van der Waals surface area contributed by atoms with E-state index >= 15 is 0 Å².